The van der Waals surface area contributed by atoms with Crippen molar-refractivity contribution in [2.75, 3.05) is 11.5 Å². The molecule has 2 aliphatic rings. The van der Waals surface area contributed by atoms with E-state index in [0.29, 0.717) is 10.0 Å². The molecule has 0 saturated carbocycles. The topological polar surface area (TPSA) is 86.2 Å². The van der Waals surface area contributed by atoms with Gasteiger partial charge in [-0.05, 0) is 89.8 Å². The molecule has 0 atom stereocenters. The third-order valence-electron chi connectivity index (χ3n) is 8.62. The summed E-state index contributed by atoms with van der Waals surface area (Å²) < 4.78 is 0. The first-order valence-electron chi connectivity index (χ1n) is 14.8. The number of fused-ring (bicyclic) bond motifs is 4. The number of ketones is 2. The van der Waals surface area contributed by atoms with Gasteiger partial charge in [-0.3, -0.25) is 9.59 Å². The first-order chi connectivity index (χ1) is 21.0. The molecular formula is C37H32N2O2S2. The third kappa shape index (κ3) is 5.15. The van der Waals surface area contributed by atoms with Gasteiger partial charge in [-0.15, -0.1) is 22.7 Å². The van der Waals surface area contributed by atoms with Crippen LogP contribution in [0.5, 0.6) is 0 Å². The number of anilines is 2. The lowest BCUT2D eigenvalue weighted by Crippen LogP contribution is -2.09. The Morgan fingerprint density at radius 2 is 0.930 bits per heavy atom. The van der Waals surface area contributed by atoms with Crippen molar-refractivity contribution >= 4 is 65.8 Å². The van der Waals surface area contributed by atoms with Gasteiger partial charge >= 0.3 is 0 Å². The molecule has 0 aliphatic heterocycles. The maximum atomic E-state index is 13.0. The van der Waals surface area contributed by atoms with Crippen LogP contribution in [0.25, 0.3) is 21.5 Å². The maximum Gasteiger partial charge on any atom is 0.196 e. The van der Waals surface area contributed by atoms with Gasteiger partial charge in [0.2, 0.25) is 0 Å². The van der Waals surface area contributed by atoms with Crippen LogP contribution in [-0.2, 0) is 25.7 Å². The van der Waals surface area contributed by atoms with Crippen molar-refractivity contribution in [3.05, 3.63) is 128 Å². The van der Waals surface area contributed by atoms with E-state index < -0.39 is 0 Å². The lowest BCUT2D eigenvalue weighted by molar-refractivity contribution is 0.103. The molecule has 4 aromatic carbocycles. The van der Waals surface area contributed by atoms with Gasteiger partial charge < -0.3 is 11.5 Å². The summed E-state index contributed by atoms with van der Waals surface area (Å²) in [5.74, 6) is 0.139. The van der Waals surface area contributed by atoms with E-state index in [4.69, 9.17) is 11.5 Å². The van der Waals surface area contributed by atoms with Gasteiger partial charge in [0.1, 0.15) is 0 Å². The highest BCUT2D eigenvalue weighted by molar-refractivity contribution is 7.17. The van der Waals surface area contributed by atoms with Crippen LogP contribution in [0.4, 0.5) is 10.0 Å². The van der Waals surface area contributed by atoms with Gasteiger partial charge in [-0.1, -0.05) is 72.8 Å². The van der Waals surface area contributed by atoms with E-state index in [1.807, 2.05) is 72.8 Å². The summed E-state index contributed by atoms with van der Waals surface area (Å²) in [6, 6.07) is 28.0. The summed E-state index contributed by atoms with van der Waals surface area (Å²) in [7, 11) is 0. The number of benzene rings is 4. The molecule has 4 nitrogen and oxygen atoms in total. The lowest BCUT2D eigenvalue weighted by atomic mass is 9.91. The van der Waals surface area contributed by atoms with Crippen LogP contribution in [0, 0.1) is 0 Å². The van der Waals surface area contributed by atoms with Gasteiger partial charge in [0.05, 0.1) is 21.1 Å². The van der Waals surface area contributed by atoms with E-state index in [0.717, 1.165) is 82.3 Å². The van der Waals surface area contributed by atoms with Crippen molar-refractivity contribution in [3.8, 4) is 0 Å². The molecule has 2 aliphatic carbocycles. The number of hydrogen-bond acceptors (Lipinski definition) is 6. The predicted molar refractivity (Wildman–Crippen MR) is 181 cm³/mol. The zero-order valence-corrected chi connectivity index (χ0v) is 25.5. The first kappa shape index (κ1) is 27.6. The normalized spacial score (nSPS) is 13.8. The van der Waals surface area contributed by atoms with E-state index >= 15 is 0 Å². The van der Waals surface area contributed by atoms with Crippen molar-refractivity contribution in [2.45, 2.75) is 44.9 Å². The second-order valence-electron chi connectivity index (χ2n) is 11.3. The molecule has 4 N–H and O–H groups in total. The van der Waals surface area contributed by atoms with Crippen LogP contribution < -0.4 is 11.5 Å². The fourth-order valence-corrected chi connectivity index (χ4v) is 8.77. The number of aryl methyl sites for hydroxylation is 2. The van der Waals surface area contributed by atoms with Crippen LogP contribution >= 0.6 is 22.7 Å². The van der Waals surface area contributed by atoms with E-state index in [-0.39, 0.29) is 11.6 Å². The minimum absolute atomic E-state index is 0.0673. The molecule has 2 aromatic heterocycles. The Bertz CT molecular complexity index is 2030. The highest BCUT2D eigenvalue weighted by Gasteiger charge is 2.26. The van der Waals surface area contributed by atoms with E-state index in [9.17, 15) is 9.59 Å². The van der Waals surface area contributed by atoms with Crippen molar-refractivity contribution in [1.29, 1.82) is 0 Å². The smallest absolute Gasteiger partial charge is 0.196 e. The molecule has 8 rings (SSSR count). The summed E-state index contributed by atoms with van der Waals surface area (Å²) in [5, 5.41) is 5.85. The summed E-state index contributed by atoms with van der Waals surface area (Å²) in [4.78, 5) is 28.4. The lowest BCUT2D eigenvalue weighted by Gasteiger charge is -2.12. The summed E-state index contributed by atoms with van der Waals surface area (Å²) >= 11 is 3.19. The summed E-state index contributed by atoms with van der Waals surface area (Å²) in [5.41, 5.74) is 17.6. The maximum absolute atomic E-state index is 13.0. The standard InChI is InChI=1S/C19H17NOS.C18H15NOS/c20-19-17(15-7-3-4-8-16(15)22-19)18(21)14-10-9-12-5-1-2-6-13(12)11-14;19-18-16(14-6-3-7-15(14)21-18)17(20)13-9-8-11-4-1-2-5-12(11)10-13/h1-2,5-6,9-11H,3-4,7-8,20H2;1-2,4-5,8-10H,3,6-7,19H2. The Balaban J connectivity index is 0.000000140. The van der Waals surface area contributed by atoms with Crippen LogP contribution in [0.15, 0.2) is 84.9 Å². The highest BCUT2D eigenvalue weighted by atomic mass is 32.1. The fraction of sp³-hybridized carbons (Fsp3) is 0.189. The van der Waals surface area contributed by atoms with E-state index in [1.165, 1.54) is 27.3 Å². The minimum Gasteiger partial charge on any atom is -0.390 e. The molecule has 214 valence electrons. The van der Waals surface area contributed by atoms with Gasteiger partial charge in [0, 0.05) is 20.9 Å². The van der Waals surface area contributed by atoms with Gasteiger partial charge in [0.25, 0.3) is 0 Å². The zero-order chi connectivity index (χ0) is 29.5. The number of thiophene rings is 2. The zero-order valence-electron chi connectivity index (χ0n) is 23.8. The average molecular weight is 601 g/mol. The Labute approximate surface area is 259 Å². The monoisotopic (exact) mass is 600 g/mol. The Kier molecular flexibility index (Phi) is 7.33. The van der Waals surface area contributed by atoms with Crippen LogP contribution in [0.2, 0.25) is 0 Å². The fourth-order valence-electron chi connectivity index (χ4n) is 6.46. The van der Waals surface area contributed by atoms with Crippen molar-refractivity contribution in [3.63, 3.8) is 0 Å². The number of carbonyl (C=O) groups is 2. The molecule has 0 amide bonds. The number of nitrogen functional groups attached to an aromatic ring is 2. The molecule has 0 spiro atoms. The van der Waals surface area contributed by atoms with E-state index in [2.05, 4.69) is 12.1 Å². The largest absolute Gasteiger partial charge is 0.390 e. The molecular weight excluding hydrogens is 569 g/mol. The highest BCUT2D eigenvalue weighted by Crippen LogP contribution is 2.39. The van der Waals surface area contributed by atoms with Crippen LogP contribution in [0.1, 0.15) is 72.0 Å². The van der Waals surface area contributed by atoms with E-state index in [1.54, 1.807) is 22.7 Å². The van der Waals surface area contributed by atoms with Gasteiger partial charge in [0.15, 0.2) is 11.6 Å². The predicted octanol–water partition coefficient (Wildman–Crippen LogP) is 8.80. The van der Waals surface area contributed by atoms with Crippen molar-refractivity contribution < 1.29 is 9.59 Å². The number of nitrogens with two attached hydrogens (primary N) is 2. The quantitative estimate of drug-likeness (QED) is 0.198. The summed E-state index contributed by atoms with van der Waals surface area (Å²) in [6.07, 6.45) is 7.59. The molecule has 43 heavy (non-hydrogen) atoms. The Morgan fingerprint density at radius 1 is 0.512 bits per heavy atom. The minimum atomic E-state index is 0.0673. The van der Waals surface area contributed by atoms with Crippen LogP contribution in [-0.4, -0.2) is 11.6 Å². The number of rotatable bonds is 4. The molecule has 0 unspecified atom stereocenters. The van der Waals surface area contributed by atoms with Crippen LogP contribution in [0.3, 0.4) is 0 Å². The second kappa shape index (κ2) is 11.4. The first-order valence-corrected chi connectivity index (χ1v) is 16.5. The molecule has 2 heterocycles. The van der Waals surface area contributed by atoms with Crippen molar-refractivity contribution in [2.24, 2.45) is 0 Å². The second-order valence-corrected chi connectivity index (χ2v) is 13.6. The Morgan fingerprint density at radius 3 is 1.44 bits per heavy atom. The van der Waals surface area contributed by atoms with Gasteiger partial charge in [-0.25, -0.2) is 0 Å². The molecule has 0 bridgehead atoms. The molecule has 0 fully saturated rings. The summed E-state index contributed by atoms with van der Waals surface area (Å²) in [6.45, 7) is 0. The molecule has 0 saturated heterocycles. The number of carbonyl (C=O) groups excluding carboxylic acids is 2. The molecule has 6 heteroatoms. The van der Waals surface area contributed by atoms with Crippen molar-refractivity contribution in [1.82, 2.24) is 0 Å². The average Bonchev–Trinajstić information content (AvgIpc) is 3.72. The SMILES string of the molecule is Nc1sc2c(c1C(=O)c1ccc3ccccc3c1)CCC2.Nc1sc2c(c1C(=O)c1ccc3ccccc3c1)CCCC2. The molecule has 0 radical (unpaired) electrons. The molecule has 6 aromatic rings. The Hall–Kier alpha value is -4.26. The third-order valence-corrected chi connectivity index (χ3v) is 10.9. The van der Waals surface area contributed by atoms with Gasteiger partial charge in [-0.2, -0.15) is 0 Å². The number of hydrogen-bond donors (Lipinski definition) is 2.